The van der Waals surface area contributed by atoms with Crippen molar-refractivity contribution in [2.45, 2.75) is 13.0 Å². The van der Waals surface area contributed by atoms with Crippen LogP contribution in [0.1, 0.15) is 6.92 Å². The highest BCUT2D eigenvalue weighted by Crippen LogP contribution is 2.12. The Hall–Kier alpha value is -0.600. The molecule has 2 unspecified atom stereocenters. The molecule has 0 radical (unpaired) electrons. The van der Waals surface area contributed by atoms with Crippen LogP contribution in [0.4, 0.5) is 0 Å². The van der Waals surface area contributed by atoms with E-state index in [1.54, 1.807) is 0 Å². The number of allylic oxidation sites excluding steroid dienone is 1. The molecule has 0 aliphatic carbocycles. The molecule has 1 N–H and O–H groups in total. The summed E-state index contributed by atoms with van der Waals surface area (Å²) in [7, 11) is 0. The van der Waals surface area contributed by atoms with Gasteiger partial charge in [0, 0.05) is 19.0 Å². The lowest BCUT2D eigenvalue weighted by Crippen LogP contribution is -2.41. The van der Waals surface area contributed by atoms with Crippen LogP contribution in [-0.4, -0.2) is 25.8 Å². The first-order chi connectivity index (χ1) is 5.88. The Morgan fingerprint density at radius 3 is 3.00 bits per heavy atom. The van der Waals surface area contributed by atoms with Crippen LogP contribution in [0.3, 0.4) is 0 Å². The molecule has 1 saturated heterocycles. The average molecular weight is 167 g/mol. The predicted octanol–water partition coefficient (Wildman–Crippen LogP) is 1.35. The van der Waals surface area contributed by atoms with Gasteiger partial charge in [-0.2, -0.15) is 0 Å². The van der Waals surface area contributed by atoms with Crippen molar-refractivity contribution in [1.82, 2.24) is 5.32 Å². The van der Waals surface area contributed by atoms with E-state index in [1.165, 1.54) is 0 Å². The van der Waals surface area contributed by atoms with E-state index < -0.39 is 0 Å². The largest absolute Gasteiger partial charge is 0.375 e. The van der Waals surface area contributed by atoms with Crippen molar-refractivity contribution in [3.05, 3.63) is 24.8 Å². The Morgan fingerprint density at radius 2 is 2.50 bits per heavy atom. The highest BCUT2D eigenvalue weighted by molar-refractivity contribution is 5.01. The van der Waals surface area contributed by atoms with Gasteiger partial charge in [0.25, 0.3) is 0 Å². The lowest BCUT2D eigenvalue weighted by atomic mass is 10.0. The molecule has 0 aromatic rings. The number of hydrogen-bond acceptors (Lipinski definition) is 2. The Bertz CT molecular complexity index is 159. The van der Waals surface area contributed by atoms with Crippen LogP contribution in [0.2, 0.25) is 0 Å². The van der Waals surface area contributed by atoms with Gasteiger partial charge >= 0.3 is 0 Å². The Morgan fingerprint density at radius 1 is 1.67 bits per heavy atom. The molecule has 1 heterocycles. The molecular weight excluding hydrogens is 150 g/mol. The third-order valence-corrected chi connectivity index (χ3v) is 2.07. The number of morpholine rings is 1. The van der Waals surface area contributed by atoms with Gasteiger partial charge in [0.2, 0.25) is 0 Å². The van der Waals surface area contributed by atoms with E-state index in [-0.39, 0.29) is 6.10 Å². The van der Waals surface area contributed by atoms with E-state index in [4.69, 9.17) is 4.74 Å². The minimum atomic E-state index is 0.271. The van der Waals surface area contributed by atoms with Gasteiger partial charge in [-0.1, -0.05) is 18.2 Å². The third-order valence-electron chi connectivity index (χ3n) is 2.07. The van der Waals surface area contributed by atoms with Crippen molar-refractivity contribution >= 4 is 0 Å². The molecule has 2 nitrogen and oxygen atoms in total. The highest BCUT2D eigenvalue weighted by Gasteiger charge is 2.19. The molecule has 2 heteroatoms. The zero-order valence-electron chi connectivity index (χ0n) is 7.62. The first-order valence-corrected chi connectivity index (χ1v) is 4.46. The van der Waals surface area contributed by atoms with Crippen LogP contribution in [-0.2, 0) is 4.74 Å². The van der Waals surface area contributed by atoms with Gasteiger partial charge in [-0.25, -0.2) is 0 Å². The monoisotopic (exact) mass is 167 g/mol. The number of rotatable bonds is 3. The van der Waals surface area contributed by atoms with Crippen LogP contribution in [0.15, 0.2) is 24.8 Å². The Kier molecular flexibility index (Phi) is 4.05. The summed E-state index contributed by atoms with van der Waals surface area (Å²) in [5.74, 6) is 0.350. The van der Waals surface area contributed by atoms with Crippen molar-refractivity contribution in [2.75, 3.05) is 19.7 Å². The first kappa shape index (κ1) is 9.49. The molecule has 1 rings (SSSR count). The first-order valence-electron chi connectivity index (χ1n) is 4.46. The lowest BCUT2D eigenvalue weighted by molar-refractivity contribution is 0.0136. The summed E-state index contributed by atoms with van der Waals surface area (Å²) >= 11 is 0. The number of nitrogens with one attached hydrogen (secondary N) is 1. The maximum Gasteiger partial charge on any atom is 0.0796 e. The minimum absolute atomic E-state index is 0.271. The average Bonchev–Trinajstić information content (AvgIpc) is 2.15. The summed E-state index contributed by atoms with van der Waals surface area (Å²) < 4.78 is 5.60. The van der Waals surface area contributed by atoms with Gasteiger partial charge in [-0.15, -0.1) is 6.58 Å². The quantitative estimate of drug-likeness (QED) is 0.641. The van der Waals surface area contributed by atoms with Gasteiger partial charge < -0.3 is 10.1 Å². The molecule has 0 aromatic heterocycles. The zero-order chi connectivity index (χ0) is 8.81. The molecular formula is C10H17NO. The second kappa shape index (κ2) is 5.12. The molecule has 12 heavy (non-hydrogen) atoms. The second-order valence-electron chi connectivity index (χ2n) is 2.95. The van der Waals surface area contributed by atoms with Gasteiger partial charge in [-0.05, 0) is 6.92 Å². The fourth-order valence-corrected chi connectivity index (χ4v) is 1.41. The molecule has 0 saturated carbocycles. The summed E-state index contributed by atoms with van der Waals surface area (Å²) in [4.78, 5) is 0. The molecule has 0 bridgehead atoms. The summed E-state index contributed by atoms with van der Waals surface area (Å²) in [5.41, 5.74) is 0. The van der Waals surface area contributed by atoms with E-state index >= 15 is 0 Å². The SMILES string of the molecule is C=CC(C=CC)C1CNCCO1. The van der Waals surface area contributed by atoms with Gasteiger partial charge in [-0.3, -0.25) is 0 Å². The van der Waals surface area contributed by atoms with Gasteiger partial charge in [0.1, 0.15) is 0 Å². The smallest absolute Gasteiger partial charge is 0.0796 e. The molecule has 1 fully saturated rings. The summed E-state index contributed by atoms with van der Waals surface area (Å²) in [6.07, 6.45) is 6.39. The normalized spacial score (nSPS) is 27.2. The Labute approximate surface area is 74.3 Å². The van der Waals surface area contributed by atoms with Gasteiger partial charge in [0.15, 0.2) is 0 Å². The topological polar surface area (TPSA) is 21.3 Å². The fraction of sp³-hybridized carbons (Fsp3) is 0.600. The van der Waals surface area contributed by atoms with Crippen molar-refractivity contribution in [3.8, 4) is 0 Å². The molecule has 2 atom stereocenters. The van der Waals surface area contributed by atoms with Crippen molar-refractivity contribution in [1.29, 1.82) is 0 Å². The molecule has 1 aliphatic heterocycles. The van der Waals surface area contributed by atoms with Crippen molar-refractivity contribution in [2.24, 2.45) is 5.92 Å². The predicted molar refractivity (Wildman–Crippen MR) is 51.1 cm³/mol. The van der Waals surface area contributed by atoms with E-state index in [0.29, 0.717) is 5.92 Å². The summed E-state index contributed by atoms with van der Waals surface area (Å²) in [6.45, 7) is 8.53. The van der Waals surface area contributed by atoms with Crippen LogP contribution in [0, 0.1) is 5.92 Å². The van der Waals surface area contributed by atoms with E-state index in [2.05, 4.69) is 18.0 Å². The minimum Gasteiger partial charge on any atom is -0.375 e. The molecule has 68 valence electrons. The van der Waals surface area contributed by atoms with Crippen molar-refractivity contribution < 1.29 is 4.74 Å². The molecule has 0 aromatic carbocycles. The summed E-state index contributed by atoms with van der Waals surface area (Å²) in [6, 6.07) is 0. The maximum atomic E-state index is 5.60. The maximum absolute atomic E-state index is 5.60. The van der Waals surface area contributed by atoms with Gasteiger partial charge in [0.05, 0.1) is 12.7 Å². The van der Waals surface area contributed by atoms with Crippen LogP contribution in [0.5, 0.6) is 0 Å². The van der Waals surface area contributed by atoms with Crippen LogP contribution < -0.4 is 5.32 Å². The van der Waals surface area contributed by atoms with E-state index in [0.717, 1.165) is 19.7 Å². The highest BCUT2D eigenvalue weighted by atomic mass is 16.5. The van der Waals surface area contributed by atoms with Crippen molar-refractivity contribution in [3.63, 3.8) is 0 Å². The molecule has 0 spiro atoms. The standard InChI is InChI=1S/C10H17NO/c1-3-5-9(4-2)10-8-11-6-7-12-10/h3-5,9-11H,2,6-8H2,1H3. The zero-order valence-corrected chi connectivity index (χ0v) is 7.62. The van der Waals surface area contributed by atoms with Crippen LogP contribution in [0.25, 0.3) is 0 Å². The Balaban J connectivity index is 2.45. The fourth-order valence-electron chi connectivity index (χ4n) is 1.41. The molecule has 0 amide bonds. The third kappa shape index (κ3) is 2.47. The second-order valence-corrected chi connectivity index (χ2v) is 2.95. The number of ether oxygens (including phenoxy) is 1. The van der Waals surface area contributed by atoms with E-state index in [9.17, 15) is 0 Å². The van der Waals surface area contributed by atoms with Crippen LogP contribution >= 0.6 is 0 Å². The number of hydrogen-bond donors (Lipinski definition) is 1. The lowest BCUT2D eigenvalue weighted by Gasteiger charge is -2.27. The summed E-state index contributed by atoms with van der Waals surface area (Å²) in [5, 5.41) is 3.30. The van der Waals surface area contributed by atoms with E-state index in [1.807, 2.05) is 19.1 Å². The molecule has 1 aliphatic rings.